The average Bonchev–Trinajstić information content (AvgIpc) is 2.59. The van der Waals surface area contributed by atoms with Crippen LogP contribution in [0, 0.1) is 0 Å². The summed E-state index contributed by atoms with van der Waals surface area (Å²) in [5.74, 6) is -0.407. The van der Waals surface area contributed by atoms with E-state index in [4.69, 9.17) is 0 Å². The van der Waals surface area contributed by atoms with Crippen LogP contribution in [0.3, 0.4) is 0 Å². The van der Waals surface area contributed by atoms with Crippen molar-refractivity contribution >= 4 is 17.6 Å². The second-order valence-electron chi connectivity index (χ2n) is 5.19. The van der Waals surface area contributed by atoms with E-state index in [9.17, 15) is 9.59 Å². The largest absolute Gasteiger partial charge is 1.00 e. The number of amides is 1. The van der Waals surface area contributed by atoms with E-state index in [1.54, 1.807) is 24.3 Å². The van der Waals surface area contributed by atoms with E-state index in [0.29, 0.717) is 17.7 Å². The molecule has 0 spiro atoms. The van der Waals surface area contributed by atoms with Gasteiger partial charge in [0.05, 0.1) is 12.7 Å². The quantitative estimate of drug-likeness (QED) is 0.395. The summed E-state index contributed by atoms with van der Waals surface area (Å²) < 4.78 is 6.73. The lowest BCUT2D eigenvalue weighted by Crippen LogP contribution is -3.00. The van der Waals surface area contributed by atoms with E-state index in [2.05, 4.69) is 14.6 Å². The highest BCUT2D eigenvalue weighted by atomic mass is 79.9. The van der Waals surface area contributed by atoms with Gasteiger partial charge in [0.2, 0.25) is 5.91 Å². The summed E-state index contributed by atoms with van der Waals surface area (Å²) in [4.78, 5) is 23.2. The van der Waals surface area contributed by atoms with Crippen molar-refractivity contribution in [1.82, 2.24) is 0 Å². The Morgan fingerprint density at radius 1 is 1.04 bits per heavy atom. The first-order valence-corrected chi connectivity index (χ1v) is 7.61. The number of carbonyl (C=O) groups excluding carboxylic acids is 2. The van der Waals surface area contributed by atoms with Crippen molar-refractivity contribution < 1.29 is 35.9 Å². The number of aromatic nitrogens is 1. The van der Waals surface area contributed by atoms with Crippen LogP contribution in [0.15, 0.2) is 54.9 Å². The summed E-state index contributed by atoms with van der Waals surface area (Å²) in [6.45, 7) is 0.905. The van der Waals surface area contributed by atoms with E-state index in [-0.39, 0.29) is 28.9 Å². The maximum Gasteiger partial charge on any atom is 0.337 e. The number of hydrogen-bond donors (Lipinski definition) is 1. The first kappa shape index (κ1) is 19.8. The summed E-state index contributed by atoms with van der Waals surface area (Å²) in [5, 5.41) is 2.83. The van der Waals surface area contributed by atoms with Gasteiger partial charge in [-0.25, -0.2) is 9.36 Å². The summed E-state index contributed by atoms with van der Waals surface area (Å²) in [6, 6.07) is 12.6. The molecule has 6 heteroatoms. The first-order valence-electron chi connectivity index (χ1n) is 7.61. The van der Waals surface area contributed by atoms with Gasteiger partial charge in [-0.2, -0.15) is 0 Å². The number of esters is 1. The Labute approximate surface area is 152 Å². The van der Waals surface area contributed by atoms with Crippen LogP contribution in [0.2, 0.25) is 0 Å². The van der Waals surface area contributed by atoms with Crippen LogP contribution in [-0.2, 0) is 16.1 Å². The minimum Gasteiger partial charge on any atom is -1.00 e. The van der Waals surface area contributed by atoms with Crippen molar-refractivity contribution in [2.24, 2.45) is 0 Å². The molecule has 1 aromatic heterocycles. The molecule has 0 radical (unpaired) electrons. The van der Waals surface area contributed by atoms with E-state index >= 15 is 0 Å². The number of nitrogens with one attached hydrogen (secondary N) is 1. The number of unbranched alkanes of at least 4 members (excludes halogenated alkanes) is 1. The molecule has 2 rings (SSSR count). The monoisotopic (exact) mass is 392 g/mol. The molecule has 0 saturated carbocycles. The summed E-state index contributed by atoms with van der Waals surface area (Å²) in [7, 11) is 1.34. The molecule has 0 fully saturated rings. The van der Waals surface area contributed by atoms with E-state index < -0.39 is 0 Å². The van der Waals surface area contributed by atoms with Gasteiger partial charge < -0.3 is 27.0 Å². The number of hydrogen-bond acceptors (Lipinski definition) is 3. The van der Waals surface area contributed by atoms with E-state index in [1.165, 1.54) is 7.11 Å². The Balaban J connectivity index is 0.00000288. The number of nitrogens with zero attached hydrogens (tertiary/aromatic N) is 1. The molecule has 1 N–H and O–H groups in total. The third kappa shape index (κ3) is 6.50. The van der Waals surface area contributed by atoms with Crippen LogP contribution >= 0.6 is 0 Å². The molecular weight excluding hydrogens is 372 g/mol. The fourth-order valence-electron chi connectivity index (χ4n) is 2.19. The number of methoxy groups -OCH3 is 1. The molecule has 2 aromatic rings. The van der Waals surface area contributed by atoms with Crippen LogP contribution in [0.1, 0.15) is 29.6 Å². The molecule has 1 aromatic carbocycles. The third-order valence-corrected chi connectivity index (χ3v) is 3.44. The van der Waals surface area contributed by atoms with Crippen molar-refractivity contribution in [3.63, 3.8) is 0 Å². The maximum absolute atomic E-state index is 11.9. The normalized spacial score (nSPS) is 9.71. The van der Waals surface area contributed by atoms with Gasteiger partial charge in [0.25, 0.3) is 0 Å². The smallest absolute Gasteiger partial charge is 0.337 e. The van der Waals surface area contributed by atoms with Gasteiger partial charge in [-0.3, -0.25) is 4.79 Å². The number of anilines is 1. The molecule has 0 unspecified atom stereocenters. The third-order valence-electron chi connectivity index (χ3n) is 3.44. The Bertz CT molecular complexity index is 645. The molecule has 1 amide bonds. The van der Waals surface area contributed by atoms with Crippen molar-refractivity contribution in [2.45, 2.75) is 25.8 Å². The average molecular weight is 393 g/mol. The minimum absolute atomic E-state index is 0. The Morgan fingerprint density at radius 3 is 2.33 bits per heavy atom. The van der Waals surface area contributed by atoms with Gasteiger partial charge in [-0.1, -0.05) is 6.07 Å². The standard InChI is InChI=1S/C18H20N2O3.BrH/c1-23-18(22)15-8-10-16(11-9-15)19-17(21)7-3-6-14-20-12-4-2-5-13-20;/h2,4-5,8-13H,3,6-7,14H2,1H3;1H. The van der Waals surface area contributed by atoms with Gasteiger partial charge in [-0.05, 0) is 30.7 Å². The summed E-state index contributed by atoms with van der Waals surface area (Å²) >= 11 is 0. The SMILES string of the molecule is COC(=O)c1ccc(NC(=O)CCCC[n+]2ccccc2)cc1.[Br-]. The number of halogens is 1. The van der Waals surface area contributed by atoms with Crippen LogP contribution in [0.25, 0.3) is 0 Å². The number of pyridine rings is 1. The molecule has 0 aliphatic rings. The van der Waals surface area contributed by atoms with Crippen LogP contribution in [0.5, 0.6) is 0 Å². The van der Waals surface area contributed by atoms with Gasteiger partial charge in [0.15, 0.2) is 12.4 Å². The zero-order valence-corrected chi connectivity index (χ0v) is 15.2. The Kier molecular flexibility index (Phi) is 8.71. The van der Waals surface area contributed by atoms with Crippen LogP contribution < -0.4 is 26.9 Å². The summed E-state index contributed by atoms with van der Waals surface area (Å²) in [6.07, 6.45) is 6.29. The molecule has 0 aliphatic heterocycles. The topological polar surface area (TPSA) is 59.3 Å². The second kappa shape index (κ2) is 10.5. The van der Waals surface area contributed by atoms with Crippen molar-refractivity contribution in [3.05, 3.63) is 60.4 Å². The number of carbonyl (C=O) groups is 2. The van der Waals surface area contributed by atoms with Gasteiger partial charge >= 0.3 is 5.97 Å². The molecular formula is C18H21BrN2O3. The Hall–Kier alpha value is -2.21. The number of ether oxygens (including phenoxy) is 1. The number of aryl methyl sites for hydroxylation is 1. The predicted octanol–water partition coefficient (Wildman–Crippen LogP) is -0.426. The van der Waals surface area contributed by atoms with Crippen molar-refractivity contribution in [1.29, 1.82) is 0 Å². The number of rotatable bonds is 7. The molecule has 0 saturated heterocycles. The van der Waals surface area contributed by atoms with E-state index in [1.807, 2.05) is 30.6 Å². The lowest BCUT2D eigenvalue weighted by Gasteiger charge is -2.05. The molecule has 0 aliphatic carbocycles. The fraction of sp³-hybridized carbons (Fsp3) is 0.278. The van der Waals surface area contributed by atoms with Crippen LogP contribution in [0.4, 0.5) is 5.69 Å². The molecule has 128 valence electrons. The molecule has 0 atom stereocenters. The van der Waals surface area contributed by atoms with Crippen molar-refractivity contribution in [3.8, 4) is 0 Å². The molecule has 24 heavy (non-hydrogen) atoms. The first-order chi connectivity index (χ1) is 11.2. The zero-order chi connectivity index (χ0) is 16.5. The predicted molar refractivity (Wildman–Crippen MR) is 86.9 cm³/mol. The summed E-state index contributed by atoms with van der Waals surface area (Å²) in [5.41, 5.74) is 1.14. The highest BCUT2D eigenvalue weighted by Crippen LogP contribution is 2.11. The molecule has 0 bridgehead atoms. The van der Waals surface area contributed by atoms with Gasteiger partial charge in [0.1, 0.15) is 6.54 Å². The lowest BCUT2D eigenvalue weighted by molar-refractivity contribution is -0.697. The second-order valence-corrected chi connectivity index (χ2v) is 5.19. The number of benzene rings is 1. The fourth-order valence-corrected chi connectivity index (χ4v) is 2.19. The lowest BCUT2D eigenvalue weighted by atomic mass is 10.2. The van der Waals surface area contributed by atoms with Crippen LogP contribution in [-0.4, -0.2) is 19.0 Å². The molecule has 1 heterocycles. The maximum atomic E-state index is 11.9. The highest BCUT2D eigenvalue weighted by molar-refractivity contribution is 5.92. The van der Waals surface area contributed by atoms with Gasteiger partial charge in [-0.15, -0.1) is 0 Å². The van der Waals surface area contributed by atoms with E-state index in [0.717, 1.165) is 19.4 Å². The minimum atomic E-state index is -0.388. The van der Waals surface area contributed by atoms with Crippen molar-refractivity contribution in [2.75, 3.05) is 12.4 Å². The van der Waals surface area contributed by atoms with Gasteiger partial charge in [0, 0.05) is 30.7 Å². The highest BCUT2D eigenvalue weighted by Gasteiger charge is 2.07. The zero-order valence-electron chi connectivity index (χ0n) is 13.6. The molecule has 5 nitrogen and oxygen atoms in total. The Morgan fingerprint density at radius 2 is 1.71 bits per heavy atom.